The van der Waals surface area contributed by atoms with Crippen LogP contribution in [0.1, 0.15) is 19.4 Å². The fourth-order valence-electron chi connectivity index (χ4n) is 1.08. The van der Waals surface area contributed by atoms with E-state index in [0.29, 0.717) is 5.75 Å². The highest BCUT2D eigenvalue weighted by molar-refractivity contribution is 7.39. The van der Waals surface area contributed by atoms with Crippen LogP contribution in [0.3, 0.4) is 0 Å². The van der Waals surface area contributed by atoms with E-state index in [1.54, 1.807) is 12.1 Å². The van der Waals surface area contributed by atoms with Crippen molar-refractivity contribution in [3.8, 4) is 5.75 Å². The number of para-hydroxylation sites is 1. The fourth-order valence-corrected chi connectivity index (χ4v) is 1.42. The minimum absolute atomic E-state index is 0.491. The van der Waals surface area contributed by atoms with Crippen molar-refractivity contribution in [2.75, 3.05) is 0 Å². The van der Waals surface area contributed by atoms with Crippen LogP contribution in [0.4, 0.5) is 0 Å². The van der Waals surface area contributed by atoms with E-state index in [1.807, 2.05) is 32.1 Å². The molecule has 14 heavy (non-hydrogen) atoms. The first-order chi connectivity index (χ1) is 6.59. The monoisotopic (exact) mass is 212 g/mol. The lowest BCUT2D eigenvalue weighted by Gasteiger charge is -2.08. The Kier molecular flexibility index (Phi) is 4.08. The molecule has 0 saturated carbocycles. The minimum Gasteiger partial charge on any atom is -0.426 e. The van der Waals surface area contributed by atoms with Crippen molar-refractivity contribution in [2.24, 2.45) is 0 Å². The summed E-state index contributed by atoms with van der Waals surface area (Å²) >= 11 is 0. The van der Waals surface area contributed by atoms with Crippen molar-refractivity contribution in [2.45, 2.75) is 13.8 Å². The van der Waals surface area contributed by atoms with Crippen molar-refractivity contribution in [3.63, 3.8) is 0 Å². The highest BCUT2D eigenvalue weighted by Gasteiger charge is 2.05. The van der Waals surface area contributed by atoms with E-state index < -0.39 is 8.60 Å². The predicted molar refractivity (Wildman–Crippen MR) is 57.8 cm³/mol. The van der Waals surface area contributed by atoms with Gasteiger partial charge in [-0.15, -0.1) is 0 Å². The SMILES string of the molecule is CC(C)=Cc1ccccc1OP(O)O. The first-order valence-electron chi connectivity index (χ1n) is 4.19. The Bertz CT molecular complexity index is 330. The summed E-state index contributed by atoms with van der Waals surface area (Å²) in [4.78, 5) is 17.5. The van der Waals surface area contributed by atoms with E-state index in [4.69, 9.17) is 14.3 Å². The summed E-state index contributed by atoms with van der Waals surface area (Å²) in [5.41, 5.74) is 1.98. The van der Waals surface area contributed by atoms with Gasteiger partial charge < -0.3 is 14.3 Å². The molecule has 0 saturated heterocycles. The molecule has 0 spiro atoms. The highest BCUT2D eigenvalue weighted by atomic mass is 31.2. The van der Waals surface area contributed by atoms with Gasteiger partial charge >= 0.3 is 8.60 Å². The molecule has 3 nitrogen and oxygen atoms in total. The normalized spacial score (nSPS) is 10.1. The smallest absolute Gasteiger partial charge is 0.391 e. The molecule has 0 atom stereocenters. The minimum atomic E-state index is -2.35. The lowest BCUT2D eigenvalue weighted by atomic mass is 10.1. The van der Waals surface area contributed by atoms with Crippen LogP contribution < -0.4 is 4.52 Å². The average molecular weight is 212 g/mol. The third-order valence-corrected chi connectivity index (χ3v) is 1.90. The molecule has 0 aromatic heterocycles. The first kappa shape index (κ1) is 11.2. The molecule has 1 aromatic rings. The summed E-state index contributed by atoms with van der Waals surface area (Å²) in [5.74, 6) is 0.491. The number of allylic oxidation sites excluding steroid dienone is 1. The molecule has 0 heterocycles. The van der Waals surface area contributed by atoms with Gasteiger partial charge in [-0.05, 0) is 19.9 Å². The molecular weight excluding hydrogens is 199 g/mol. The number of rotatable bonds is 3. The lowest BCUT2D eigenvalue weighted by molar-refractivity contribution is 0.375. The highest BCUT2D eigenvalue weighted by Crippen LogP contribution is 2.32. The van der Waals surface area contributed by atoms with E-state index in [-0.39, 0.29) is 0 Å². The van der Waals surface area contributed by atoms with E-state index >= 15 is 0 Å². The van der Waals surface area contributed by atoms with Gasteiger partial charge in [0.25, 0.3) is 0 Å². The maximum absolute atomic E-state index is 8.74. The topological polar surface area (TPSA) is 49.7 Å². The molecule has 0 aliphatic heterocycles. The molecular formula is C10H13O3P. The molecule has 1 aromatic carbocycles. The summed E-state index contributed by atoms with van der Waals surface area (Å²) in [6.07, 6.45) is 1.92. The van der Waals surface area contributed by atoms with Gasteiger partial charge in [0.2, 0.25) is 0 Å². The second kappa shape index (κ2) is 5.11. The van der Waals surface area contributed by atoms with E-state index in [1.165, 1.54) is 0 Å². The summed E-state index contributed by atoms with van der Waals surface area (Å²) in [6.45, 7) is 3.94. The Morgan fingerprint density at radius 2 is 1.93 bits per heavy atom. The molecule has 0 amide bonds. The Morgan fingerprint density at radius 1 is 1.29 bits per heavy atom. The second-order valence-corrected chi connectivity index (χ2v) is 3.79. The van der Waals surface area contributed by atoms with Gasteiger partial charge in [0, 0.05) is 5.56 Å². The quantitative estimate of drug-likeness (QED) is 0.757. The van der Waals surface area contributed by atoms with Crippen molar-refractivity contribution in [1.82, 2.24) is 0 Å². The van der Waals surface area contributed by atoms with E-state index in [2.05, 4.69) is 0 Å². The first-order valence-corrected chi connectivity index (χ1v) is 5.36. The van der Waals surface area contributed by atoms with Gasteiger partial charge in [0.1, 0.15) is 5.75 Å². The molecule has 4 heteroatoms. The largest absolute Gasteiger partial charge is 0.426 e. The van der Waals surface area contributed by atoms with Crippen LogP contribution in [0.25, 0.3) is 6.08 Å². The van der Waals surface area contributed by atoms with Gasteiger partial charge in [-0.2, -0.15) is 0 Å². The summed E-state index contributed by atoms with van der Waals surface area (Å²) < 4.78 is 4.88. The zero-order valence-electron chi connectivity index (χ0n) is 8.14. The molecule has 1 rings (SSSR count). The Morgan fingerprint density at radius 3 is 2.50 bits per heavy atom. The van der Waals surface area contributed by atoms with Crippen molar-refractivity contribution in [3.05, 3.63) is 35.4 Å². The third kappa shape index (κ3) is 3.46. The van der Waals surface area contributed by atoms with Crippen LogP contribution in [0.2, 0.25) is 0 Å². The number of hydrogen-bond acceptors (Lipinski definition) is 3. The second-order valence-electron chi connectivity index (χ2n) is 3.10. The van der Waals surface area contributed by atoms with Gasteiger partial charge in [-0.25, -0.2) is 0 Å². The van der Waals surface area contributed by atoms with Crippen LogP contribution in [0, 0.1) is 0 Å². The lowest BCUT2D eigenvalue weighted by Crippen LogP contribution is -1.88. The predicted octanol–water partition coefficient (Wildman–Crippen LogP) is 2.70. The Hall–Kier alpha value is -0.890. The summed E-state index contributed by atoms with van der Waals surface area (Å²) in [5, 5.41) is 0. The maximum atomic E-state index is 8.74. The van der Waals surface area contributed by atoms with Crippen molar-refractivity contribution < 1.29 is 14.3 Å². The average Bonchev–Trinajstić information content (AvgIpc) is 2.06. The van der Waals surface area contributed by atoms with Crippen LogP contribution in [0.5, 0.6) is 5.75 Å². The Balaban J connectivity index is 2.97. The van der Waals surface area contributed by atoms with Crippen LogP contribution in [-0.4, -0.2) is 9.79 Å². The summed E-state index contributed by atoms with van der Waals surface area (Å²) in [7, 11) is -2.35. The van der Waals surface area contributed by atoms with Crippen LogP contribution >= 0.6 is 8.60 Å². The Labute approximate surface area is 84.7 Å². The molecule has 0 aliphatic carbocycles. The van der Waals surface area contributed by atoms with E-state index in [0.717, 1.165) is 11.1 Å². The molecule has 0 radical (unpaired) electrons. The van der Waals surface area contributed by atoms with Crippen molar-refractivity contribution >= 4 is 14.7 Å². The molecule has 2 N–H and O–H groups in total. The van der Waals surface area contributed by atoms with Gasteiger partial charge in [0.15, 0.2) is 0 Å². The molecule has 0 bridgehead atoms. The molecule has 0 aliphatic rings. The maximum Gasteiger partial charge on any atom is 0.391 e. The zero-order chi connectivity index (χ0) is 10.6. The standard InChI is InChI=1S/C10H13O3P/c1-8(2)7-9-5-3-4-6-10(9)13-14(11)12/h3-7,11-12H,1-2H3. The number of hydrogen-bond donors (Lipinski definition) is 2. The zero-order valence-corrected chi connectivity index (χ0v) is 9.03. The summed E-state index contributed by atoms with van der Waals surface area (Å²) in [6, 6.07) is 7.23. The van der Waals surface area contributed by atoms with Crippen molar-refractivity contribution in [1.29, 1.82) is 0 Å². The van der Waals surface area contributed by atoms with Gasteiger partial charge in [-0.1, -0.05) is 29.8 Å². The molecule has 76 valence electrons. The third-order valence-electron chi connectivity index (χ3n) is 1.54. The fraction of sp³-hybridized carbons (Fsp3) is 0.200. The molecule has 0 unspecified atom stereocenters. The number of benzene rings is 1. The van der Waals surface area contributed by atoms with Gasteiger partial charge in [-0.3, -0.25) is 0 Å². The van der Waals surface area contributed by atoms with Gasteiger partial charge in [0.05, 0.1) is 0 Å². The molecule has 0 fully saturated rings. The van der Waals surface area contributed by atoms with Crippen LogP contribution in [0.15, 0.2) is 29.8 Å². The van der Waals surface area contributed by atoms with Crippen LogP contribution in [-0.2, 0) is 0 Å². The van der Waals surface area contributed by atoms with E-state index in [9.17, 15) is 0 Å².